The zero-order chi connectivity index (χ0) is 14.9. The molecule has 0 radical (unpaired) electrons. The predicted molar refractivity (Wildman–Crippen MR) is 87.6 cm³/mol. The number of rotatable bonds is 6. The van der Waals surface area contributed by atoms with Gasteiger partial charge in [-0.05, 0) is 44.2 Å². The molecule has 3 aromatic rings. The minimum Gasteiger partial charge on any atom is -0.295 e. The van der Waals surface area contributed by atoms with Crippen molar-refractivity contribution in [1.29, 1.82) is 0 Å². The molecule has 0 saturated heterocycles. The van der Waals surface area contributed by atoms with Gasteiger partial charge in [0.15, 0.2) is 0 Å². The van der Waals surface area contributed by atoms with E-state index in [1.807, 2.05) is 17.4 Å². The van der Waals surface area contributed by atoms with E-state index >= 15 is 0 Å². The third kappa shape index (κ3) is 2.98. The van der Waals surface area contributed by atoms with Crippen molar-refractivity contribution >= 4 is 11.3 Å². The van der Waals surface area contributed by atoms with E-state index in [-0.39, 0.29) is 0 Å². The Morgan fingerprint density at radius 3 is 2.91 bits per heavy atom. The van der Waals surface area contributed by atoms with Gasteiger partial charge in [0.2, 0.25) is 0 Å². The summed E-state index contributed by atoms with van der Waals surface area (Å²) in [5, 5.41) is 14.6. The first-order chi connectivity index (χ1) is 10.8. The van der Waals surface area contributed by atoms with Crippen LogP contribution in [0.3, 0.4) is 0 Å². The molecular formula is C16H19N5S. The van der Waals surface area contributed by atoms with Gasteiger partial charge in [-0.25, -0.2) is 0 Å². The second-order valence-electron chi connectivity index (χ2n) is 6.00. The van der Waals surface area contributed by atoms with Crippen LogP contribution in [-0.4, -0.2) is 32.3 Å². The Morgan fingerprint density at radius 1 is 1.23 bits per heavy atom. The number of aromatic nitrogens is 4. The summed E-state index contributed by atoms with van der Waals surface area (Å²) in [4.78, 5) is 4.90. The van der Waals surface area contributed by atoms with Gasteiger partial charge >= 0.3 is 0 Å². The molecule has 0 spiro atoms. The quantitative estimate of drug-likeness (QED) is 0.733. The summed E-state index contributed by atoms with van der Waals surface area (Å²) in [6.45, 7) is 1.84. The normalized spacial score (nSPS) is 14.8. The van der Waals surface area contributed by atoms with Crippen LogP contribution in [0, 0.1) is 0 Å². The van der Waals surface area contributed by atoms with Crippen LogP contribution >= 0.6 is 11.3 Å². The van der Waals surface area contributed by atoms with Crippen molar-refractivity contribution < 1.29 is 0 Å². The summed E-state index contributed by atoms with van der Waals surface area (Å²) >= 11 is 1.81. The molecule has 22 heavy (non-hydrogen) atoms. The van der Waals surface area contributed by atoms with Crippen molar-refractivity contribution in [2.24, 2.45) is 0 Å². The highest BCUT2D eigenvalue weighted by atomic mass is 32.1. The Balaban J connectivity index is 1.37. The van der Waals surface area contributed by atoms with Crippen LogP contribution < -0.4 is 0 Å². The molecule has 1 saturated carbocycles. The first-order valence-electron chi connectivity index (χ1n) is 7.59. The van der Waals surface area contributed by atoms with Gasteiger partial charge in [-0.2, -0.15) is 10.2 Å². The zero-order valence-corrected chi connectivity index (χ0v) is 13.4. The van der Waals surface area contributed by atoms with Crippen LogP contribution in [0.1, 0.15) is 35.0 Å². The van der Waals surface area contributed by atoms with E-state index in [2.05, 4.69) is 50.5 Å². The average Bonchev–Trinajstić information content (AvgIpc) is 2.95. The Bertz CT molecular complexity index is 738. The van der Waals surface area contributed by atoms with Crippen LogP contribution in [0.25, 0.3) is 10.6 Å². The number of hydrogen-bond donors (Lipinski definition) is 2. The van der Waals surface area contributed by atoms with Crippen LogP contribution in [-0.2, 0) is 13.1 Å². The summed E-state index contributed by atoms with van der Waals surface area (Å²) in [5.74, 6) is 0.713. The number of H-pyrrole nitrogens is 2. The van der Waals surface area contributed by atoms with Crippen molar-refractivity contribution in [3.8, 4) is 10.6 Å². The molecule has 0 bridgehead atoms. The van der Waals surface area contributed by atoms with Gasteiger partial charge in [-0.3, -0.25) is 15.1 Å². The Morgan fingerprint density at radius 2 is 2.14 bits per heavy atom. The maximum atomic E-state index is 4.42. The molecular weight excluding hydrogens is 294 g/mol. The van der Waals surface area contributed by atoms with Crippen molar-refractivity contribution in [2.45, 2.75) is 31.8 Å². The monoisotopic (exact) mass is 313 g/mol. The lowest BCUT2D eigenvalue weighted by atomic mass is 10.2. The summed E-state index contributed by atoms with van der Waals surface area (Å²) in [6, 6.07) is 8.57. The summed E-state index contributed by atoms with van der Waals surface area (Å²) in [7, 11) is 2.15. The molecule has 0 aliphatic heterocycles. The van der Waals surface area contributed by atoms with E-state index < -0.39 is 0 Å². The topological polar surface area (TPSA) is 60.6 Å². The number of nitrogens with one attached hydrogen (secondary N) is 2. The van der Waals surface area contributed by atoms with Crippen LogP contribution in [0.15, 0.2) is 30.5 Å². The van der Waals surface area contributed by atoms with E-state index in [1.54, 1.807) is 6.20 Å². The van der Waals surface area contributed by atoms with Crippen molar-refractivity contribution in [3.05, 3.63) is 46.7 Å². The molecule has 114 valence electrons. The molecule has 3 aromatic heterocycles. The molecule has 4 rings (SSSR count). The predicted octanol–water partition coefficient (Wildman–Crippen LogP) is 3.37. The van der Waals surface area contributed by atoms with E-state index in [9.17, 15) is 0 Å². The van der Waals surface area contributed by atoms with Crippen LogP contribution in [0.5, 0.6) is 0 Å². The molecule has 6 heteroatoms. The molecule has 0 atom stereocenters. The minimum absolute atomic E-state index is 0.713. The van der Waals surface area contributed by atoms with Gasteiger partial charge in [0, 0.05) is 35.8 Å². The summed E-state index contributed by atoms with van der Waals surface area (Å²) in [6.07, 6.45) is 4.38. The first kappa shape index (κ1) is 13.7. The lowest BCUT2D eigenvalue weighted by Crippen LogP contribution is -2.16. The van der Waals surface area contributed by atoms with Crippen molar-refractivity contribution in [1.82, 2.24) is 25.3 Å². The molecule has 0 aromatic carbocycles. The highest BCUT2D eigenvalue weighted by molar-refractivity contribution is 7.15. The lowest BCUT2D eigenvalue weighted by Gasteiger charge is -2.13. The van der Waals surface area contributed by atoms with Gasteiger partial charge < -0.3 is 0 Å². The smallest absolute Gasteiger partial charge is 0.0749 e. The molecule has 1 fully saturated rings. The number of hydrogen-bond acceptors (Lipinski definition) is 4. The maximum Gasteiger partial charge on any atom is 0.0749 e. The SMILES string of the molecule is CN(Cc1cc(C2CC2)n[nH]1)Cc1ccc(-c2ccn[nH]2)s1. The van der Waals surface area contributed by atoms with Gasteiger partial charge in [0.05, 0.1) is 16.3 Å². The van der Waals surface area contributed by atoms with Gasteiger partial charge in [0.25, 0.3) is 0 Å². The molecule has 0 unspecified atom stereocenters. The number of aromatic amines is 2. The minimum atomic E-state index is 0.713. The second-order valence-corrected chi connectivity index (χ2v) is 7.17. The van der Waals surface area contributed by atoms with Crippen LogP contribution in [0.4, 0.5) is 0 Å². The van der Waals surface area contributed by atoms with Crippen molar-refractivity contribution in [3.63, 3.8) is 0 Å². The molecule has 0 amide bonds. The molecule has 1 aliphatic rings. The fourth-order valence-electron chi connectivity index (χ4n) is 2.66. The zero-order valence-electron chi connectivity index (χ0n) is 12.5. The third-order valence-electron chi connectivity index (χ3n) is 3.94. The van der Waals surface area contributed by atoms with Gasteiger partial charge in [-0.15, -0.1) is 11.3 Å². The Hall–Kier alpha value is -1.92. The van der Waals surface area contributed by atoms with E-state index in [1.165, 1.54) is 34.0 Å². The second kappa shape index (κ2) is 5.70. The number of nitrogens with zero attached hydrogens (tertiary/aromatic N) is 3. The van der Waals surface area contributed by atoms with E-state index in [0.717, 1.165) is 18.8 Å². The van der Waals surface area contributed by atoms with E-state index in [4.69, 9.17) is 0 Å². The van der Waals surface area contributed by atoms with Gasteiger partial charge in [-0.1, -0.05) is 0 Å². The van der Waals surface area contributed by atoms with Crippen LogP contribution in [0.2, 0.25) is 0 Å². The number of thiophene rings is 1. The Kier molecular flexibility index (Phi) is 3.56. The molecule has 2 N–H and O–H groups in total. The fraction of sp³-hybridized carbons (Fsp3) is 0.375. The largest absolute Gasteiger partial charge is 0.295 e. The summed E-state index contributed by atoms with van der Waals surface area (Å²) < 4.78 is 0. The highest BCUT2D eigenvalue weighted by Gasteiger charge is 2.26. The van der Waals surface area contributed by atoms with Gasteiger partial charge in [0.1, 0.15) is 0 Å². The maximum absolute atomic E-state index is 4.42. The highest BCUT2D eigenvalue weighted by Crippen LogP contribution is 2.39. The van der Waals surface area contributed by atoms with Crippen molar-refractivity contribution in [2.75, 3.05) is 7.05 Å². The Labute approximate surface area is 133 Å². The molecule has 5 nitrogen and oxygen atoms in total. The average molecular weight is 313 g/mol. The molecule has 1 aliphatic carbocycles. The summed E-state index contributed by atoms with van der Waals surface area (Å²) in [5.41, 5.74) is 3.53. The molecule has 3 heterocycles. The standard InChI is InChI=1S/C16H19N5S/c1-21(9-12-8-15(20-18-12)11-2-3-11)10-13-4-5-16(22-13)14-6-7-17-19-14/h4-8,11H,2-3,9-10H2,1H3,(H,17,19)(H,18,20). The fourth-order valence-corrected chi connectivity index (χ4v) is 3.73. The first-order valence-corrected chi connectivity index (χ1v) is 8.41. The van der Waals surface area contributed by atoms with E-state index in [0.29, 0.717) is 5.92 Å². The third-order valence-corrected chi connectivity index (χ3v) is 5.04. The lowest BCUT2D eigenvalue weighted by molar-refractivity contribution is 0.318.